The molecular weight excluding hydrogens is 368 g/mol. The topological polar surface area (TPSA) is 65.0 Å². The Bertz CT molecular complexity index is 827. The van der Waals surface area contributed by atoms with Gasteiger partial charge in [0, 0.05) is 70.7 Å². The number of aromatic nitrogens is 2. The summed E-state index contributed by atoms with van der Waals surface area (Å²) >= 11 is 0. The fourth-order valence-electron chi connectivity index (χ4n) is 3.72. The van der Waals surface area contributed by atoms with E-state index in [0.29, 0.717) is 13.1 Å². The summed E-state index contributed by atoms with van der Waals surface area (Å²) in [7, 11) is 3.99. The number of carbonyl (C=O) groups excluding carboxylic acids is 1. The molecule has 3 heterocycles. The highest BCUT2D eigenvalue weighted by Crippen LogP contribution is 2.22. The van der Waals surface area contributed by atoms with Crippen LogP contribution in [0.5, 0.6) is 0 Å². The molecule has 2 aliphatic heterocycles. The predicted octanol–water partition coefficient (Wildman–Crippen LogP) is 1.34. The average molecular weight is 396 g/mol. The maximum absolute atomic E-state index is 12.8. The van der Waals surface area contributed by atoms with E-state index in [2.05, 4.69) is 26.1 Å². The number of ether oxygens (including phenoxy) is 1. The third kappa shape index (κ3) is 4.42. The largest absolute Gasteiger partial charge is 0.378 e. The first-order valence-electron chi connectivity index (χ1n) is 10.1. The molecule has 1 aromatic heterocycles. The molecule has 2 fully saturated rings. The van der Waals surface area contributed by atoms with Gasteiger partial charge in [-0.25, -0.2) is 0 Å². The van der Waals surface area contributed by atoms with Crippen LogP contribution in [0.1, 0.15) is 10.4 Å². The van der Waals surface area contributed by atoms with Gasteiger partial charge in [0.05, 0.1) is 25.1 Å². The third-order valence-corrected chi connectivity index (χ3v) is 5.52. The second kappa shape index (κ2) is 8.65. The summed E-state index contributed by atoms with van der Waals surface area (Å²) < 4.78 is 5.42. The van der Waals surface area contributed by atoms with E-state index in [4.69, 9.17) is 4.74 Å². The number of benzene rings is 1. The first-order chi connectivity index (χ1) is 14.1. The number of hydrogen-bond donors (Lipinski definition) is 0. The summed E-state index contributed by atoms with van der Waals surface area (Å²) in [4.78, 5) is 21.3. The van der Waals surface area contributed by atoms with Crippen molar-refractivity contribution in [1.29, 1.82) is 0 Å². The van der Waals surface area contributed by atoms with Crippen LogP contribution in [0, 0.1) is 0 Å². The Hall–Kier alpha value is -2.87. The number of carbonyl (C=O) groups is 1. The van der Waals surface area contributed by atoms with Gasteiger partial charge in [-0.3, -0.25) is 4.79 Å². The van der Waals surface area contributed by atoms with E-state index >= 15 is 0 Å². The van der Waals surface area contributed by atoms with Crippen LogP contribution in [0.15, 0.2) is 36.5 Å². The van der Waals surface area contributed by atoms with E-state index < -0.39 is 0 Å². The zero-order chi connectivity index (χ0) is 20.2. The molecule has 8 nitrogen and oxygen atoms in total. The average Bonchev–Trinajstić information content (AvgIpc) is 2.79. The highest BCUT2D eigenvalue weighted by molar-refractivity contribution is 5.94. The SMILES string of the molecule is CN(C)c1ccc(C(=O)N2CCN(c3cnnc(N4CCOCC4)c3)CC2)cc1. The molecule has 0 saturated carbocycles. The summed E-state index contributed by atoms with van der Waals surface area (Å²) in [5.74, 6) is 0.988. The Morgan fingerprint density at radius 1 is 0.966 bits per heavy atom. The quantitative estimate of drug-likeness (QED) is 0.773. The first kappa shape index (κ1) is 19.4. The van der Waals surface area contributed by atoms with Crippen LogP contribution in [-0.4, -0.2) is 87.6 Å². The van der Waals surface area contributed by atoms with Gasteiger partial charge in [0.2, 0.25) is 0 Å². The van der Waals surface area contributed by atoms with E-state index in [9.17, 15) is 4.79 Å². The maximum Gasteiger partial charge on any atom is 0.253 e. The normalized spacial score (nSPS) is 17.4. The lowest BCUT2D eigenvalue weighted by molar-refractivity contribution is 0.0747. The Kier molecular flexibility index (Phi) is 5.80. The monoisotopic (exact) mass is 396 g/mol. The lowest BCUT2D eigenvalue weighted by atomic mass is 10.1. The number of morpholine rings is 1. The van der Waals surface area contributed by atoms with Crippen molar-refractivity contribution < 1.29 is 9.53 Å². The minimum atomic E-state index is 0.0943. The molecule has 0 N–H and O–H groups in total. The molecule has 0 bridgehead atoms. The number of nitrogens with zero attached hydrogens (tertiary/aromatic N) is 6. The van der Waals surface area contributed by atoms with Crippen LogP contribution < -0.4 is 14.7 Å². The van der Waals surface area contributed by atoms with Crippen LogP contribution >= 0.6 is 0 Å². The van der Waals surface area contributed by atoms with Crippen LogP contribution in [-0.2, 0) is 4.74 Å². The van der Waals surface area contributed by atoms with Crippen molar-refractivity contribution in [3.63, 3.8) is 0 Å². The molecule has 8 heteroatoms. The third-order valence-electron chi connectivity index (χ3n) is 5.52. The molecule has 0 atom stereocenters. The molecule has 1 amide bonds. The number of rotatable bonds is 4. The second-order valence-electron chi connectivity index (χ2n) is 7.59. The second-order valence-corrected chi connectivity index (χ2v) is 7.59. The Morgan fingerprint density at radius 3 is 2.31 bits per heavy atom. The van der Waals surface area contributed by atoms with Gasteiger partial charge in [-0.15, -0.1) is 5.10 Å². The summed E-state index contributed by atoms with van der Waals surface area (Å²) in [6.45, 7) is 6.10. The highest BCUT2D eigenvalue weighted by Gasteiger charge is 2.23. The van der Waals surface area contributed by atoms with Crippen molar-refractivity contribution in [3.05, 3.63) is 42.1 Å². The Labute approximate surface area is 171 Å². The standard InChI is InChI=1S/C21H28N6O2/c1-24(2)18-5-3-17(4-6-18)21(28)27-9-7-25(8-10-27)19-15-20(23-22-16-19)26-11-13-29-14-12-26/h3-6,15-16H,7-14H2,1-2H3. The van der Waals surface area contributed by atoms with Crippen molar-refractivity contribution in [2.75, 3.05) is 81.3 Å². The van der Waals surface area contributed by atoms with Gasteiger partial charge in [0.1, 0.15) is 0 Å². The smallest absolute Gasteiger partial charge is 0.253 e. The van der Waals surface area contributed by atoms with E-state index in [0.717, 1.165) is 62.1 Å². The lowest BCUT2D eigenvalue weighted by Crippen LogP contribution is -2.49. The summed E-state index contributed by atoms with van der Waals surface area (Å²) in [6, 6.07) is 9.88. The Balaban J connectivity index is 1.37. The van der Waals surface area contributed by atoms with Crippen molar-refractivity contribution in [3.8, 4) is 0 Å². The van der Waals surface area contributed by atoms with Crippen LogP contribution in [0.4, 0.5) is 17.2 Å². The van der Waals surface area contributed by atoms with Crippen LogP contribution in [0.2, 0.25) is 0 Å². The molecular formula is C21H28N6O2. The fourth-order valence-corrected chi connectivity index (χ4v) is 3.72. The van der Waals surface area contributed by atoms with Crippen molar-refractivity contribution >= 4 is 23.1 Å². The number of piperazine rings is 1. The van der Waals surface area contributed by atoms with Crippen molar-refractivity contribution in [1.82, 2.24) is 15.1 Å². The minimum absolute atomic E-state index is 0.0943. The lowest BCUT2D eigenvalue weighted by Gasteiger charge is -2.36. The first-order valence-corrected chi connectivity index (χ1v) is 10.1. The van der Waals surface area contributed by atoms with E-state index in [1.807, 2.05) is 48.2 Å². The highest BCUT2D eigenvalue weighted by atomic mass is 16.5. The number of amides is 1. The van der Waals surface area contributed by atoms with Crippen LogP contribution in [0.25, 0.3) is 0 Å². The molecule has 2 aromatic rings. The molecule has 0 spiro atoms. The molecule has 2 saturated heterocycles. The van der Waals surface area contributed by atoms with Crippen molar-refractivity contribution in [2.24, 2.45) is 0 Å². The summed E-state index contributed by atoms with van der Waals surface area (Å²) in [5.41, 5.74) is 2.89. The molecule has 0 radical (unpaired) electrons. The fraction of sp³-hybridized carbons (Fsp3) is 0.476. The number of hydrogen-bond acceptors (Lipinski definition) is 7. The molecule has 2 aliphatic rings. The molecule has 154 valence electrons. The van der Waals surface area contributed by atoms with Crippen molar-refractivity contribution in [2.45, 2.75) is 0 Å². The van der Waals surface area contributed by atoms with Gasteiger partial charge in [-0.2, -0.15) is 5.10 Å². The van der Waals surface area contributed by atoms with E-state index in [1.165, 1.54) is 0 Å². The molecule has 29 heavy (non-hydrogen) atoms. The maximum atomic E-state index is 12.8. The molecule has 0 aliphatic carbocycles. The Morgan fingerprint density at radius 2 is 1.66 bits per heavy atom. The molecule has 4 rings (SSSR count). The minimum Gasteiger partial charge on any atom is -0.378 e. The van der Waals surface area contributed by atoms with Crippen LogP contribution in [0.3, 0.4) is 0 Å². The van der Waals surface area contributed by atoms with E-state index in [1.54, 1.807) is 6.20 Å². The zero-order valence-corrected chi connectivity index (χ0v) is 17.1. The van der Waals surface area contributed by atoms with Gasteiger partial charge in [0.25, 0.3) is 5.91 Å². The molecule has 1 aromatic carbocycles. The van der Waals surface area contributed by atoms with Gasteiger partial charge in [-0.05, 0) is 24.3 Å². The summed E-state index contributed by atoms with van der Waals surface area (Å²) in [5, 5.41) is 8.49. The summed E-state index contributed by atoms with van der Waals surface area (Å²) in [6.07, 6.45) is 1.81. The zero-order valence-electron chi connectivity index (χ0n) is 17.1. The van der Waals surface area contributed by atoms with Gasteiger partial charge in [-0.1, -0.05) is 0 Å². The van der Waals surface area contributed by atoms with Gasteiger partial charge < -0.3 is 24.3 Å². The number of anilines is 3. The predicted molar refractivity (Wildman–Crippen MR) is 114 cm³/mol. The van der Waals surface area contributed by atoms with Gasteiger partial charge in [0.15, 0.2) is 5.82 Å². The van der Waals surface area contributed by atoms with E-state index in [-0.39, 0.29) is 5.91 Å². The molecule has 0 unspecified atom stereocenters. The van der Waals surface area contributed by atoms with Gasteiger partial charge >= 0.3 is 0 Å².